The van der Waals surface area contributed by atoms with Crippen molar-refractivity contribution in [2.24, 2.45) is 4.99 Å². The lowest BCUT2D eigenvalue weighted by molar-refractivity contribution is 0.0347. The number of nitrogens with one attached hydrogen (secondary N) is 2. The highest BCUT2D eigenvalue weighted by atomic mass is 32.2. The maximum atomic E-state index is 12.2. The van der Waals surface area contributed by atoms with Gasteiger partial charge >= 0.3 is 0 Å². The van der Waals surface area contributed by atoms with Gasteiger partial charge in [0.2, 0.25) is 0 Å². The molecule has 2 rings (SSSR count). The van der Waals surface area contributed by atoms with Crippen LogP contribution in [0.4, 0.5) is 0 Å². The summed E-state index contributed by atoms with van der Waals surface area (Å²) in [5.41, 5.74) is 1.10. The summed E-state index contributed by atoms with van der Waals surface area (Å²) in [6.07, 6.45) is 1.17. The Kier molecular flexibility index (Phi) is 9.66. The van der Waals surface area contributed by atoms with Gasteiger partial charge in [-0.3, -0.25) is 9.20 Å². The molecule has 0 radical (unpaired) electrons. The minimum absolute atomic E-state index is 0.142. The number of hydrogen-bond acceptors (Lipinski definition) is 4. The summed E-state index contributed by atoms with van der Waals surface area (Å²) >= 11 is 0. The van der Waals surface area contributed by atoms with Crippen LogP contribution in [0.3, 0.4) is 0 Å². The monoisotopic (exact) mass is 381 g/mol. The van der Waals surface area contributed by atoms with Crippen LogP contribution < -0.4 is 10.6 Å². The van der Waals surface area contributed by atoms with E-state index in [1.54, 1.807) is 0 Å². The maximum absolute atomic E-state index is 12.2. The standard InChI is InChI=1S/C19H31N3O3S/c1-3-20-19(22-16(2)13-25-18-9-11-24-14-18)21-10-12-26(23)15-17-7-5-4-6-8-17/h4-8,16,18H,3,9-15H2,1-2H3,(H2,20,21,22). The van der Waals surface area contributed by atoms with Gasteiger partial charge in [0.15, 0.2) is 5.96 Å². The first kappa shape index (κ1) is 20.9. The summed E-state index contributed by atoms with van der Waals surface area (Å²) in [5.74, 6) is 1.87. The molecule has 2 N–H and O–H groups in total. The molecule has 6 nitrogen and oxygen atoms in total. The van der Waals surface area contributed by atoms with Gasteiger partial charge in [-0.1, -0.05) is 30.3 Å². The second kappa shape index (κ2) is 12.0. The van der Waals surface area contributed by atoms with Crippen molar-refractivity contribution in [3.05, 3.63) is 35.9 Å². The zero-order chi connectivity index (χ0) is 18.6. The first-order chi connectivity index (χ1) is 12.7. The van der Waals surface area contributed by atoms with Crippen molar-refractivity contribution in [1.29, 1.82) is 0 Å². The van der Waals surface area contributed by atoms with E-state index in [4.69, 9.17) is 9.47 Å². The number of hydrogen-bond donors (Lipinski definition) is 2. The number of aliphatic imine (C=N–C) groups is 1. The van der Waals surface area contributed by atoms with Crippen LogP contribution in [0.2, 0.25) is 0 Å². The Morgan fingerprint density at radius 1 is 1.42 bits per heavy atom. The maximum Gasteiger partial charge on any atom is 0.191 e. The van der Waals surface area contributed by atoms with Gasteiger partial charge in [0, 0.05) is 41.5 Å². The minimum Gasteiger partial charge on any atom is -0.379 e. The van der Waals surface area contributed by atoms with E-state index in [-0.39, 0.29) is 12.1 Å². The highest BCUT2D eigenvalue weighted by molar-refractivity contribution is 7.84. The largest absolute Gasteiger partial charge is 0.379 e. The Morgan fingerprint density at radius 2 is 2.23 bits per heavy atom. The van der Waals surface area contributed by atoms with E-state index in [9.17, 15) is 4.21 Å². The van der Waals surface area contributed by atoms with Gasteiger partial charge < -0.3 is 20.1 Å². The van der Waals surface area contributed by atoms with Crippen molar-refractivity contribution in [3.63, 3.8) is 0 Å². The predicted molar refractivity (Wildman–Crippen MR) is 107 cm³/mol. The van der Waals surface area contributed by atoms with Crippen LogP contribution in [0.1, 0.15) is 25.8 Å². The Bertz CT molecular complexity index is 562. The Labute approximate surface area is 159 Å². The Hall–Kier alpha value is -1.44. The Balaban J connectivity index is 1.71. The van der Waals surface area contributed by atoms with Crippen LogP contribution in [0.15, 0.2) is 35.3 Å². The fourth-order valence-electron chi connectivity index (χ4n) is 2.61. The first-order valence-electron chi connectivity index (χ1n) is 9.30. The predicted octanol–water partition coefficient (Wildman–Crippen LogP) is 1.68. The van der Waals surface area contributed by atoms with Crippen molar-refractivity contribution in [1.82, 2.24) is 10.6 Å². The molecule has 1 aliphatic heterocycles. The van der Waals surface area contributed by atoms with E-state index in [2.05, 4.69) is 22.5 Å². The number of ether oxygens (including phenoxy) is 2. The van der Waals surface area contributed by atoms with Crippen LogP contribution in [-0.4, -0.2) is 61.0 Å². The summed E-state index contributed by atoms with van der Waals surface area (Å²) in [6.45, 7) is 7.49. The van der Waals surface area contributed by atoms with Gasteiger partial charge in [-0.2, -0.15) is 0 Å². The Morgan fingerprint density at radius 3 is 2.92 bits per heavy atom. The van der Waals surface area contributed by atoms with E-state index in [1.807, 2.05) is 37.3 Å². The molecule has 26 heavy (non-hydrogen) atoms. The molecule has 1 aliphatic rings. The summed E-state index contributed by atoms with van der Waals surface area (Å²) < 4.78 is 23.3. The molecule has 1 fully saturated rings. The summed E-state index contributed by atoms with van der Waals surface area (Å²) in [5, 5.41) is 6.56. The minimum atomic E-state index is -0.910. The molecule has 0 saturated carbocycles. The fourth-order valence-corrected chi connectivity index (χ4v) is 3.61. The van der Waals surface area contributed by atoms with Crippen molar-refractivity contribution in [2.75, 3.05) is 38.7 Å². The van der Waals surface area contributed by atoms with E-state index < -0.39 is 10.8 Å². The van der Waals surface area contributed by atoms with Gasteiger partial charge in [-0.05, 0) is 25.8 Å². The molecule has 0 bridgehead atoms. The summed E-state index contributed by atoms with van der Waals surface area (Å²) in [4.78, 5) is 4.54. The van der Waals surface area contributed by atoms with Crippen molar-refractivity contribution in [2.45, 2.75) is 38.2 Å². The molecular formula is C19H31N3O3S. The molecule has 0 spiro atoms. The van der Waals surface area contributed by atoms with Gasteiger partial charge in [-0.15, -0.1) is 0 Å². The molecule has 1 aromatic rings. The van der Waals surface area contributed by atoms with E-state index >= 15 is 0 Å². The lowest BCUT2D eigenvalue weighted by atomic mass is 10.2. The highest BCUT2D eigenvalue weighted by Gasteiger charge is 2.17. The molecule has 7 heteroatoms. The average Bonchev–Trinajstić information content (AvgIpc) is 3.14. The van der Waals surface area contributed by atoms with E-state index in [0.29, 0.717) is 31.3 Å². The smallest absolute Gasteiger partial charge is 0.191 e. The zero-order valence-corrected chi connectivity index (χ0v) is 16.6. The molecule has 0 amide bonds. The normalized spacial score (nSPS) is 19.9. The van der Waals surface area contributed by atoms with Crippen LogP contribution in [-0.2, 0) is 26.0 Å². The number of nitrogens with zero attached hydrogens (tertiary/aromatic N) is 1. The van der Waals surface area contributed by atoms with Gasteiger partial charge in [0.25, 0.3) is 0 Å². The molecule has 3 atom stereocenters. The van der Waals surface area contributed by atoms with Crippen LogP contribution >= 0.6 is 0 Å². The molecule has 1 aromatic carbocycles. The third kappa shape index (κ3) is 8.29. The number of benzene rings is 1. The molecule has 3 unspecified atom stereocenters. The number of rotatable bonds is 10. The van der Waals surface area contributed by atoms with E-state index in [1.165, 1.54) is 0 Å². The van der Waals surface area contributed by atoms with Crippen molar-refractivity contribution >= 4 is 16.8 Å². The summed E-state index contributed by atoms with van der Waals surface area (Å²) in [7, 11) is -0.910. The summed E-state index contributed by atoms with van der Waals surface area (Å²) in [6, 6.07) is 10.1. The highest BCUT2D eigenvalue weighted by Crippen LogP contribution is 2.08. The SMILES string of the molecule is CCNC(=NCCS(=O)Cc1ccccc1)NC(C)COC1CCOC1. The lowest BCUT2D eigenvalue weighted by Crippen LogP contribution is -2.44. The van der Waals surface area contributed by atoms with Gasteiger partial charge in [0.05, 0.1) is 25.9 Å². The molecule has 0 aliphatic carbocycles. The topological polar surface area (TPSA) is 72.0 Å². The molecule has 1 heterocycles. The van der Waals surface area contributed by atoms with Gasteiger partial charge in [0.1, 0.15) is 0 Å². The second-order valence-corrected chi connectivity index (χ2v) is 7.98. The second-order valence-electron chi connectivity index (χ2n) is 6.40. The van der Waals surface area contributed by atoms with Crippen LogP contribution in [0, 0.1) is 0 Å². The molecule has 1 saturated heterocycles. The third-order valence-corrected chi connectivity index (χ3v) is 5.25. The van der Waals surface area contributed by atoms with Crippen LogP contribution in [0.25, 0.3) is 0 Å². The molecular weight excluding hydrogens is 350 g/mol. The van der Waals surface area contributed by atoms with Gasteiger partial charge in [-0.25, -0.2) is 0 Å². The first-order valence-corrected chi connectivity index (χ1v) is 10.8. The quantitative estimate of drug-likeness (QED) is 0.477. The average molecular weight is 382 g/mol. The fraction of sp³-hybridized carbons (Fsp3) is 0.632. The van der Waals surface area contributed by atoms with Crippen molar-refractivity contribution in [3.8, 4) is 0 Å². The van der Waals surface area contributed by atoms with Crippen molar-refractivity contribution < 1.29 is 13.7 Å². The van der Waals surface area contributed by atoms with Crippen LogP contribution in [0.5, 0.6) is 0 Å². The lowest BCUT2D eigenvalue weighted by Gasteiger charge is -2.19. The number of guanidine groups is 1. The molecule has 146 valence electrons. The zero-order valence-electron chi connectivity index (χ0n) is 15.8. The third-order valence-electron chi connectivity index (χ3n) is 3.96. The van der Waals surface area contributed by atoms with E-state index in [0.717, 1.165) is 31.1 Å². The molecule has 0 aromatic heterocycles.